The molecule has 0 saturated carbocycles. The predicted octanol–water partition coefficient (Wildman–Crippen LogP) is 2.16. The topological polar surface area (TPSA) is 52.7 Å². The van der Waals surface area contributed by atoms with E-state index in [4.69, 9.17) is 11.6 Å². The summed E-state index contributed by atoms with van der Waals surface area (Å²) in [5.74, 6) is -0.102. The number of hydrogen-bond acceptors (Lipinski definition) is 3. The second-order valence-electron chi connectivity index (χ2n) is 6.51. The Kier molecular flexibility index (Phi) is 5.74. The van der Waals surface area contributed by atoms with Crippen molar-refractivity contribution in [2.75, 3.05) is 32.7 Å². The van der Waals surface area contributed by atoms with Gasteiger partial charge in [-0.15, -0.1) is 0 Å². The van der Waals surface area contributed by atoms with Gasteiger partial charge in [-0.1, -0.05) is 23.7 Å². The van der Waals surface area contributed by atoms with E-state index in [0.717, 1.165) is 26.1 Å². The SMILES string of the molecule is O=C(NCCC(=O)N1CCCN2CCCC2C1)c1ccccc1Cl. The number of amides is 2. The summed E-state index contributed by atoms with van der Waals surface area (Å²) in [7, 11) is 0. The zero-order valence-electron chi connectivity index (χ0n) is 13.8. The summed E-state index contributed by atoms with van der Waals surface area (Å²) in [6, 6.07) is 7.45. The highest BCUT2D eigenvalue weighted by molar-refractivity contribution is 6.33. The lowest BCUT2D eigenvalue weighted by molar-refractivity contribution is -0.131. The van der Waals surface area contributed by atoms with Crippen molar-refractivity contribution in [3.63, 3.8) is 0 Å². The lowest BCUT2D eigenvalue weighted by Crippen LogP contribution is -2.40. The van der Waals surface area contributed by atoms with Crippen LogP contribution in [-0.2, 0) is 4.79 Å². The molecule has 2 saturated heterocycles. The summed E-state index contributed by atoms with van der Waals surface area (Å²) in [5, 5.41) is 3.22. The molecule has 1 aromatic rings. The van der Waals surface area contributed by atoms with E-state index >= 15 is 0 Å². The number of nitrogens with one attached hydrogen (secondary N) is 1. The van der Waals surface area contributed by atoms with E-state index in [-0.39, 0.29) is 11.8 Å². The molecule has 0 aliphatic carbocycles. The molecule has 2 amide bonds. The van der Waals surface area contributed by atoms with Gasteiger partial charge >= 0.3 is 0 Å². The van der Waals surface area contributed by atoms with Gasteiger partial charge in [-0.05, 0) is 37.9 Å². The van der Waals surface area contributed by atoms with Crippen LogP contribution >= 0.6 is 11.6 Å². The molecule has 2 heterocycles. The molecule has 5 nitrogen and oxygen atoms in total. The van der Waals surface area contributed by atoms with Crippen LogP contribution in [0.15, 0.2) is 24.3 Å². The second kappa shape index (κ2) is 7.99. The average Bonchev–Trinajstić information content (AvgIpc) is 2.91. The van der Waals surface area contributed by atoms with Crippen LogP contribution in [0.3, 0.4) is 0 Å². The van der Waals surface area contributed by atoms with Gasteiger partial charge in [0.25, 0.3) is 5.91 Å². The van der Waals surface area contributed by atoms with E-state index in [9.17, 15) is 9.59 Å². The lowest BCUT2D eigenvalue weighted by Gasteiger charge is -2.25. The van der Waals surface area contributed by atoms with Gasteiger partial charge in [0, 0.05) is 38.6 Å². The number of halogens is 1. The Hall–Kier alpha value is -1.59. The first-order valence-electron chi connectivity index (χ1n) is 8.69. The van der Waals surface area contributed by atoms with Crippen LogP contribution in [0.4, 0.5) is 0 Å². The van der Waals surface area contributed by atoms with Gasteiger partial charge < -0.3 is 10.2 Å². The van der Waals surface area contributed by atoms with E-state index in [0.29, 0.717) is 29.6 Å². The van der Waals surface area contributed by atoms with Crippen LogP contribution < -0.4 is 5.32 Å². The molecule has 2 aliphatic heterocycles. The molecule has 1 atom stereocenters. The smallest absolute Gasteiger partial charge is 0.252 e. The van der Waals surface area contributed by atoms with Crippen molar-refractivity contribution < 1.29 is 9.59 Å². The van der Waals surface area contributed by atoms with Crippen LogP contribution in [0.1, 0.15) is 36.0 Å². The number of rotatable bonds is 4. The summed E-state index contributed by atoms with van der Waals surface area (Å²) in [6.07, 6.45) is 3.80. The van der Waals surface area contributed by atoms with E-state index in [1.165, 1.54) is 19.4 Å². The van der Waals surface area contributed by atoms with Gasteiger partial charge in [-0.3, -0.25) is 14.5 Å². The molecule has 2 fully saturated rings. The largest absolute Gasteiger partial charge is 0.351 e. The third-order valence-corrected chi connectivity index (χ3v) is 5.23. The van der Waals surface area contributed by atoms with Crippen LogP contribution in [0.5, 0.6) is 0 Å². The highest BCUT2D eigenvalue weighted by Crippen LogP contribution is 2.21. The Morgan fingerprint density at radius 3 is 2.79 bits per heavy atom. The molecule has 1 aromatic carbocycles. The maximum absolute atomic E-state index is 12.5. The Labute approximate surface area is 147 Å². The number of fused-ring (bicyclic) bond motifs is 1. The summed E-state index contributed by atoms with van der Waals surface area (Å²) >= 11 is 6.01. The third-order valence-electron chi connectivity index (χ3n) is 4.90. The van der Waals surface area contributed by atoms with Gasteiger partial charge in [-0.25, -0.2) is 0 Å². The van der Waals surface area contributed by atoms with Crippen LogP contribution in [0.2, 0.25) is 5.02 Å². The van der Waals surface area contributed by atoms with Crippen molar-refractivity contribution in [1.29, 1.82) is 0 Å². The first-order valence-corrected chi connectivity index (χ1v) is 9.07. The van der Waals surface area contributed by atoms with E-state index in [1.54, 1.807) is 24.3 Å². The Balaban J connectivity index is 1.47. The van der Waals surface area contributed by atoms with E-state index in [2.05, 4.69) is 10.2 Å². The third kappa shape index (κ3) is 4.08. The molecule has 1 N–H and O–H groups in total. The monoisotopic (exact) mass is 349 g/mol. The van der Waals surface area contributed by atoms with Crippen LogP contribution in [0, 0.1) is 0 Å². The fraction of sp³-hybridized carbons (Fsp3) is 0.556. The number of carbonyl (C=O) groups is 2. The van der Waals surface area contributed by atoms with Crippen molar-refractivity contribution in [2.24, 2.45) is 0 Å². The summed E-state index contributed by atoms with van der Waals surface area (Å²) in [6.45, 7) is 4.26. The van der Waals surface area contributed by atoms with E-state index < -0.39 is 0 Å². The van der Waals surface area contributed by atoms with Crippen LogP contribution in [-0.4, -0.2) is 60.4 Å². The highest BCUT2D eigenvalue weighted by Gasteiger charge is 2.30. The highest BCUT2D eigenvalue weighted by atomic mass is 35.5. The molecule has 130 valence electrons. The van der Waals surface area contributed by atoms with Crippen molar-refractivity contribution >= 4 is 23.4 Å². The fourth-order valence-corrected chi connectivity index (χ4v) is 3.84. The fourth-order valence-electron chi connectivity index (χ4n) is 3.61. The minimum Gasteiger partial charge on any atom is -0.351 e. The molecular weight excluding hydrogens is 326 g/mol. The van der Waals surface area contributed by atoms with Gasteiger partial charge in [0.15, 0.2) is 0 Å². The Bertz CT molecular complexity index is 608. The first-order chi connectivity index (χ1) is 11.6. The molecular formula is C18H24ClN3O2. The maximum Gasteiger partial charge on any atom is 0.252 e. The standard InChI is InChI=1S/C18H24ClN3O2/c19-16-7-2-1-6-15(16)18(24)20-9-8-17(23)22-12-4-11-21-10-3-5-14(21)13-22/h1-2,6-7,14H,3-5,8-13H2,(H,20,24). The number of benzene rings is 1. The molecule has 6 heteroatoms. The van der Waals surface area contributed by atoms with Crippen molar-refractivity contribution in [1.82, 2.24) is 15.1 Å². The molecule has 3 rings (SSSR count). The number of hydrogen-bond donors (Lipinski definition) is 1. The minimum atomic E-state index is -0.230. The molecule has 0 spiro atoms. The lowest BCUT2D eigenvalue weighted by atomic mass is 10.2. The summed E-state index contributed by atoms with van der Waals surface area (Å²) in [5.41, 5.74) is 0.447. The maximum atomic E-state index is 12.5. The molecule has 0 radical (unpaired) electrons. The van der Waals surface area contributed by atoms with Gasteiger partial charge in [0.05, 0.1) is 10.6 Å². The van der Waals surface area contributed by atoms with Gasteiger partial charge in [0.2, 0.25) is 5.91 Å². The summed E-state index contributed by atoms with van der Waals surface area (Å²) in [4.78, 5) is 29.0. The zero-order valence-corrected chi connectivity index (χ0v) is 14.6. The van der Waals surface area contributed by atoms with Gasteiger partial charge in [-0.2, -0.15) is 0 Å². The molecule has 0 bridgehead atoms. The summed E-state index contributed by atoms with van der Waals surface area (Å²) < 4.78 is 0. The molecule has 0 aromatic heterocycles. The number of carbonyl (C=O) groups excluding carboxylic acids is 2. The Morgan fingerprint density at radius 1 is 1.17 bits per heavy atom. The second-order valence-corrected chi connectivity index (χ2v) is 6.92. The molecule has 1 unspecified atom stereocenters. The first kappa shape index (κ1) is 17.2. The van der Waals surface area contributed by atoms with E-state index in [1.807, 2.05) is 4.90 Å². The zero-order chi connectivity index (χ0) is 16.9. The van der Waals surface area contributed by atoms with Crippen molar-refractivity contribution in [2.45, 2.75) is 31.7 Å². The average molecular weight is 350 g/mol. The quantitative estimate of drug-likeness (QED) is 0.906. The number of nitrogens with zero attached hydrogens (tertiary/aromatic N) is 2. The predicted molar refractivity (Wildman–Crippen MR) is 94.2 cm³/mol. The minimum absolute atomic E-state index is 0.128. The van der Waals surface area contributed by atoms with Gasteiger partial charge in [0.1, 0.15) is 0 Å². The Morgan fingerprint density at radius 2 is 1.96 bits per heavy atom. The molecule has 2 aliphatic rings. The van der Waals surface area contributed by atoms with Crippen LogP contribution in [0.25, 0.3) is 0 Å². The normalized spacial score (nSPS) is 21.2. The van der Waals surface area contributed by atoms with Crippen molar-refractivity contribution in [3.05, 3.63) is 34.9 Å². The molecule has 24 heavy (non-hydrogen) atoms. The van der Waals surface area contributed by atoms with Crippen molar-refractivity contribution in [3.8, 4) is 0 Å².